The van der Waals surface area contributed by atoms with E-state index in [9.17, 15) is 13.2 Å². The normalized spacial score (nSPS) is 11.2. The largest absolute Gasteiger partial charge is 0.417 e. The number of benzene rings is 1. The molecule has 1 aromatic heterocycles. The molecule has 3 nitrogen and oxygen atoms in total. The number of thiocarbonyl (C=S) groups is 1. The minimum atomic E-state index is -4.53. The topological polar surface area (TPSA) is 50.9 Å². The summed E-state index contributed by atoms with van der Waals surface area (Å²) >= 11 is 4.66. The Bertz CT molecular complexity index is 683. The zero-order valence-corrected chi connectivity index (χ0v) is 11.8. The van der Waals surface area contributed by atoms with Crippen LogP contribution >= 0.6 is 12.2 Å². The summed E-state index contributed by atoms with van der Waals surface area (Å²) in [4.78, 5) is 3.78. The molecule has 0 aliphatic carbocycles. The van der Waals surface area contributed by atoms with Crippen molar-refractivity contribution in [3.05, 3.63) is 53.3 Å². The maximum atomic E-state index is 13.1. The maximum absolute atomic E-state index is 13.1. The summed E-state index contributed by atoms with van der Waals surface area (Å²) in [6.07, 6.45) is -2.92. The number of nitrogens with two attached hydrogens (primary N) is 1. The van der Waals surface area contributed by atoms with Crippen LogP contribution in [0.25, 0.3) is 0 Å². The smallest absolute Gasteiger partial charge is 0.389 e. The van der Waals surface area contributed by atoms with Crippen molar-refractivity contribution in [2.75, 3.05) is 5.32 Å². The van der Waals surface area contributed by atoms with Crippen molar-refractivity contribution < 1.29 is 13.2 Å². The first-order valence-electron chi connectivity index (χ1n) is 5.98. The quantitative estimate of drug-likeness (QED) is 0.847. The highest BCUT2D eigenvalue weighted by Gasteiger charge is 2.34. The Hall–Kier alpha value is -2.15. The van der Waals surface area contributed by atoms with Crippen molar-refractivity contribution >= 4 is 28.6 Å². The van der Waals surface area contributed by atoms with Gasteiger partial charge in [-0.05, 0) is 37.3 Å². The number of halogens is 3. The minimum Gasteiger partial charge on any atom is -0.389 e. The molecule has 0 aliphatic heterocycles. The molecule has 0 aliphatic rings. The van der Waals surface area contributed by atoms with Crippen LogP contribution in [0.4, 0.5) is 24.5 Å². The Balaban J connectivity index is 2.43. The van der Waals surface area contributed by atoms with Crippen LogP contribution in [0.1, 0.15) is 16.8 Å². The van der Waals surface area contributed by atoms with Gasteiger partial charge in [0, 0.05) is 17.4 Å². The fourth-order valence-electron chi connectivity index (χ4n) is 1.84. The van der Waals surface area contributed by atoms with Crippen LogP contribution in [0.5, 0.6) is 0 Å². The number of pyridine rings is 1. The van der Waals surface area contributed by atoms with E-state index in [1.54, 1.807) is 25.3 Å². The predicted molar refractivity (Wildman–Crippen MR) is 79.6 cm³/mol. The SMILES string of the molecule is Cc1ncccc1Nc1ccc(C(N)=S)c(C(F)(F)F)c1. The molecule has 7 heteroatoms. The summed E-state index contributed by atoms with van der Waals surface area (Å²) in [5, 5.41) is 2.90. The molecule has 3 N–H and O–H groups in total. The lowest BCUT2D eigenvalue weighted by Crippen LogP contribution is -2.18. The number of hydrogen-bond donors (Lipinski definition) is 2. The lowest BCUT2D eigenvalue weighted by molar-refractivity contribution is -0.137. The molecule has 110 valence electrons. The molecule has 0 amide bonds. The molecule has 0 bridgehead atoms. The third kappa shape index (κ3) is 3.49. The zero-order chi connectivity index (χ0) is 15.6. The van der Waals surface area contributed by atoms with Crippen molar-refractivity contribution in [3.8, 4) is 0 Å². The molecule has 0 saturated heterocycles. The van der Waals surface area contributed by atoms with Crippen LogP contribution in [-0.2, 0) is 6.18 Å². The average Bonchev–Trinajstić information content (AvgIpc) is 2.40. The molecular formula is C14H12F3N3S. The number of anilines is 2. The van der Waals surface area contributed by atoms with E-state index < -0.39 is 11.7 Å². The van der Waals surface area contributed by atoms with Crippen molar-refractivity contribution in [1.82, 2.24) is 4.98 Å². The number of rotatable bonds is 3. The molecule has 0 saturated carbocycles. The van der Waals surface area contributed by atoms with Crippen molar-refractivity contribution in [1.29, 1.82) is 0 Å². The number of aryl methyl sites for hydroxylation is 1. The third-order valence-electron chi connectivity index (χ3n) is 2.88. The van der Waals surface area contributed by atoms with Gasteiger partial charge in [-0.2, -0.15) is 13.2 Å². The van der Waals surface area contributed by atoms with Gasteiger partial charge in [-0.1, -0.05) is 12.2 Å². The second-order valence-corrected chi connectivity index (χ2v) is 4.82. The van der Waals surface area contributed by atoms with Gasteiger partial charge in [0.15, 0.2) is 0 Å². The molecule has 1 heterocycles. The first-order valence-corrected chi connectivity index (χ1v) is 6.39. The van der Waals surface area contributed by atoms with Crippen LogP contribution in [0.3, 0.4) is 0 Å². The molecule has 1 aromatic carbocycles. The van der Waals surface area contributed by atoms with E-state index in [4.69, 9.17) is 5.73 Å². The Morgan fingerprint density at radius 1 is 1.29 bits per heavy atom. The fourth-order valence-corrected chi connectivity index (χ4v) is 2.02. The molecule has 2 rings (SSSR count). The van der Waals surface area contributed by atoms with Crippen LogP contribution in [0.2, 0.25) is 0 Å². The number of hydrogen-bond acceptors (Lipinski definition) is 3. The van der Waals surface area contributed by atoms with E-state index in [0.29, 0.717) is 17.1 Å². The molecule has 0 fully saturated rings. The molecule has 0 atom stereocenters. The minimum absolute atomic E-state index is 0.189. The van der Waals surface area contributed by atoms with Crippen molar-refractivity contribution in [2.24, 2.45) is 5.73 Å². The highest BCUT2D eigenvalue weighted by molar-refractivity contribution is 7.80. The van der Waals surface area contributed by atoms with E-state index in [1.807, 2.05) is 0 Å². The summed E-state index contributed by atoms with van der Waals surface area (Å²) in [5.74, 6) is 0. The van der Waals surface area contributed by atoms with Crippen molar-refractivity contribution in [2.45, 2.75) is 13.1 Å². The molecule has 0 spiro atoms. The maximum Gasteiger partial charge on any atom is 0.417 e. The fraction of sp³-hybridized carbons (Fsp3) is 0.143. The molecular weight excluding hydrogens is 299 g/mol. The van der Waals surface area contributed by atoms with Gasteiger partial charge in [0.25, 0.3) is 0 Å². The zero-order valence-electron chi connectivity index (χ0n) is 11.0. The molecule has 2 aromatic rings. The van der Waals surface area contributed by atoms with E-state index in [-0.39, 0.29) is 10.6 Å². The lowest BCUT2D eigenvalue weighted by Gasteiger charge is -2.15. The molecule has 0 radical (unpaired) electrons. The monoisotopic (exact) mass is 311 g/mol. The first kappa shape index (κ1) is 15.2. The van der Waals surface area contributed by atoms with Gasteiger partial charge in [-0.25, -0.2) is 0 Å². The lowest BCUT2D eigenvalue weighted by atomic mass is 10.1. The molecule has 0 unspecified atom stereocenters. The predicted octanol–water partition coefficient (Wildman–Crippen LogP) is 3.79. The van der Waals surface area contributed by atoms with Crippen molar-refractivity contribution in [3.63, 3.8) is 0 Å². The summed E-state index contributed by atoms with van der Waals surface area (Å²) in [6.45, 7) is 1.76. The standard InChI is InChI=1S/C14H12F3N3S/c1-8-12(3-2-6-19-8)20-9-4-5-10(13(18)21)11(7-9)14(15,16)17/h2-7,20H,1H3,(H2,18,21). The Labute approximate surface area is 125 Å². The van der Waals surface area contributed by atoms with Gasteiger partial charge in [-0.15, -0.1) is 0 Å². The summed E-state index contributed by atoms with van der Waals surface area (Å²) < 4.78 is 39.2. The van der Waals surface area contributed by atoms with Gasteiger partial charge in [-0.3, -0.25) is 4.98 Å². The second-order valence-electron chi connectivity index (χ2n) is 4.38. The van der Waals surface area contributed by atoms with Gasteiger partial charge in [0.05, 0.1) is 16.9 Å². The third-order valence-corrected chi connectivity index (χ3v) is 3.10. The van der Waals surface area contributed by atoms with E-state index in [2.05, 4.69) is 22.5 Å². The first-order chi connectivity index (χ1) is 9.79. The van der Waals surface area contributed by atoms with Gasteiger partial charge >= 0.3 is 6.18 Å². The van der Waals surface area contributed by atoms with E-state index >= 15 is 0 Å². The Kier molecular flexibility index (Phi) is 4.13. The van der Waals surface area contributed by atoms with E-state index in [0.717, 1.165) is 6.07 Å². The van der Waals surface area contributed by atoms with Crippen LogP contribution in [0, 0.1) is 6.92 Å². The summed E-state index contributed by atoms with van der Waals surface area (Å²) in [5.41, 5.74) is 5.90. The Morgan fingerprint density at radius 2 is 2.00 bits per heavy atom. The number of nitrogens with zero attached hydrogens (tertiary/aromatic N) is 1. The second kappa shape index (κ2) is 5.69. The van der Waals surface area contributed by atoms with Crippen LogP contribution in [0.15, 0.2) is 36.5 Å². The van der Waals surface area contributed by atoms with Gasteiger partial charge in [0.2, 0.25) is 0 Å². The van der Waals surface area contributed by atoms with E-state index in [1.165, 1.54) is 12.1 Å². The van der Waals surface area contributed by atoms with Crippen LogP contribution < -0.4 is 11.1 Å². The van der Waals surface area contributed by atoms with Gasteiger partial charge < -0.3 is 11.1 Å². The Morgan fingerprint density at radius 3 is 2.57 bits per heavy atom. The van der Waals surface area contributed by atoms with Crippen LogP contribution in [-0.4, -0.2) is 9.97 Å². The summed E-state index contributed by atoms with van der Waals surface area (Å²) in [6, 6.07) is 7.18. The number of aromatic nitrogens is 1. The summed E-state index contributed by atoms with van der Waals surface area (Å²) in [7, 11) is 0. The van der Waals surface area contributed by atoms with Gasteiger partial charge in [0.1, 0.15) is 4.99 Å². The average molecular weight is 311 g/mol. The highest BCUT2D eigenvalue weighted by atomic mass is 32.1. The number of alkyl halides is 3. The molecule has 21 heavy (non-hydrogen) atoms. The number of nitrogens with one attached hydrogen (secondary N) is 1. The highest BCUT2D eigenvalue weighted by Crippen LogP contribution is 2.34.